The van der Waals surface area contributed by atoms with Gasteiger partial charge in [-0.05, 0) is 49.9 Å². The van der Waals surface area contributed by atoms with Crippen LogP contribution in [0.1, 0.15) is 24.8 Å². The Hall–Kier alpha value is -3.49. The zero-order chi connectivity index (χ0) is 22.9. The number of amides is 2. The van der Waals surface area contributed by atoms with Crippen LogP contribution in [-0.2, 0) is 16.0 Å². The van der Waals surface area contributed by atoms with E-state index in [9.17, 15) is 14.4 Å². The number of nitrogens with two attached hydrogens (primary N) is 2. The fourth-order valence-corrected chi connectivity index (χ4v) is 3.43. The van der Waals surface area contributed by atoms with Gasteiger partial charge in [0.25, 0.3) is 5.56 Å². The summed E-state index contributed by atoms with van der Waals surface area (Å²) in [5.74, 6) is -0.889. The molecular formula is C24H29N5O3. The first-order valence-corrected chi connectivity index (χ1v) is 10.7. The first kappa shape index (κ1) is 23.2. The molecule has 168 valence electrons. The number of aryl methyl sites for hydroxylation is 1. The second-order valence-electron chi connectivity index (χ2n) is 7.71. The average Bonchev–Trinajstić information content (AvgIpc) is 2.81. The van der Waals surface area contributed by atoms with Crippen molar-refractivity contribution in [2.24, 2.45) is 11.5 Å². The number of aromatic nitrogens is 1. The number of anilines is 1. The standard InChI is InChI=1S/C24H29N5O3/c25-14-6-10-18(26)22(30)28-20(13-12-16-7-2-1-3-8-16)23(31)29-21-15-17-9-4-5-11-19(17)27-24(21)32/h1-5,7-9,11,15,18,20H,6,10,12-14,25-26H2,(H,27,32)(H,28,30)(H,29,31)/t18-,20+/m0/s1. The van der Waals surface area contributed by atoms with Crippen molar-refractivity contribution in [2.75, 3.05) is 11.9 Å². The highest BCUT2D eigenvalue weighted by Crippen LogP contribution is 2.14. The zero-order valence-electron chi connectivity index (χ0n) is 17.8. The van der Waals surface area contributed by atoms with E-state index in [2.05, 4.69) is 15.6 Å². The monoisotopic (exact) mass is 435 g/mol. The minimum Gasteiger partial charge on any atom is -0.343 e. The molecule has 0 radical (unpaired) electrons. The summed E-state index contributed by atoms with van der Waals surface area (Å²) in [4.78, 5) is 40.8. The maximum Gasteiger partial charge on any atom is 0.272 e. The fourth-order valence-electron chi connectivity index (χ4n) is 3.43. The van der Waals surface area contributed by atoms with Crippen molar-refractivity contribution < 1.29 is 9.59 Å². The van der Waals surface area contributed by atoms with Gasteiger partial charge in [0.15, 0.2) is 0 Å². The minimum absolute atomic E-state index is 0.125. The number of carbonyl (C=O) groups excluding carboxylic acids is 2. The molecule has 2 aromatic carbocycles. The molecule has 0 unspecified atom stereocenters. The molecule has 7 N–H and O–H groups in total. The predicted molar refractivity (Wildman–Crippen MR) is 126 cm³/mol. The van der Waals surface area contributed by atoms with Crippen LogP contribution < -0.4 is 27.7 Å². The Balaban J connectivity index is 1.76. The summed E-state index contributed by atoms with van der Waals surface area (Å²) in [6.07, 6.45) is 1.98. The predicted octanol–water partition coefficient (Wildman–Crippen LogP) is 1.65. The second-order valence-corrected chi connectivity index (χ2v) is 7.71. The van der Waals surface area contributed by atoms with Gasteiger partial charge in [-0.15, -0.1) is 0 Å². The van der Waals surface area contributed by atoms with Crippen LogP contribution in [0.4, 0.5) is 5.69 Å². The van der Waals surface area contributed by atoms with E-state index in [4.69, 9.17) is 11.5 Å². The molecule has 2 amide bonds. The second kappa shape index (κ2) is 11.2. The Bertz CT molecular complexity index is 1110. The lowest BCUT2D eigenvalue weighted by Gasteiger charge is -2.21. The number of fused-ring (bicyclic) bond motifs is 1. The normalized spacial score (nSPS) is 12.8. The third kappa shape index (κ3) is 6.26. The number of pyridine rings is 1. The molecule has 3 rings (SSSR count). The molecule has 2 atom stereocenters. The Morgan fingerprint density at radius 2 is 1.69 bits per heavy atom. The number of aromatic amines is 1. The quantitative estimate of drug-likeness (QED) is 0.329. The van der Waals surface area contributed by atoms with Crippen LogP contribution in [0.5, 0.6) is 0 Å². The number of carbonyl (C=O) groups is 2. The molecule has 1 aromatic heterocycles. The van der Waals surface area contributed by atoms with Crippen LogP contribution >= 0.6 is 0 Å². The maximum absolute atomic E-state index is 13.1. The topological polar surface area (TPSA) is 143 Å². The van der Waals surface area contributed by atoms with Crippen molar-refractivity contribution in [1.82, 2.24) is 10.3 Å². The van der Waals surface area contributed by atoms with E-state index in [-0.39, 0.29) is 5.69 Å². The van der Waals surface area contributed by atoms with Crippen LogP contribution in [0.15, 0.2) is 65.5 Å². The summed E-state index contributed by atoms with van der Waals surface area (Å²) >= 11 is 0. The lowest BCUT2D eigenvalue weighted by molar-refractivity contribution is -0.127. The molecule has 3 aromatic rings. The fraction of sp³-hybridized carbons (Fsp3) is 0.292. The number of nitrogens with one attached hydrogen (secondary N) is 3. The largest absolute Gasteiger partial charge is 0.343 e. The van der Waals surface area contributed by atoms with E-state index in [1.807, 2.05) is 48.5 Å². The van der Waals surface area contributed by atoms with Crippen LogP contribution in [-0.4, -0.2) is 35.4 Å². The molecule has 0 spiro atoms. The van der Waals surface area contributed by atoms with Gasteiger partial charge in [0.1, 0.15) is 11.7 Å². The van der Waals surface area contributed by atoms with Crippen molar-refractivity contribution in [3.05, 3.63) is 76.6 Å². The lowest BCUT2D eigenvalue weighted by Crippen LogP contribution is -2.50. The van der Waals surface area contributed by atoms with Crippen LogP contribution in [0.2, 0.25) is 0 Å². The highest BCUT2D eigenvalue weighted by atomic mass is 16.2. The third-order valence-electron chi connectivity index (χ3n) is 5.26. The molecule has 1 heterocycles. The smallest absolute Gasteiger partial charge is 0.272 e. The van der Waals surface area contributed by atoms with E-state index in [0.29, 0.717) is 37.7 Å². The van der Waals surface area contributed by atoms with Crippen molar-refractivity contribution >= 4 is 28.4 Å². The Morgan fingerprint density at radius 1 is 0.969 bits per heavy atom. The lowest BCUT2D eigenvalue weighted by atomic mass is 10.0. The number of H-pyrrole nitrogens is 1. The molecule has 0 aliphatic rings. The van der Waals surface area contributed by atoms with Crippen molar-refractivity contribution in [1.29, 1.82) is 0 Å². The van der Waals surface area contributed by atoms with E-state index >= 15 is 0 Å². The molecule has 0 saturated carbocycles. The van der Waals surface area contributed by atoms with Gasteiger partial charge in [-0.3, -0.25) is 14.4 Å². The van der Waals surface area contributed by atoms with Gasteiger partial charge < -0.3 is 27.1 Å². The molecule has 0 aliphatic heterocycles. The van der Waals surface area contributed by atoms with Crippen molar-refractivity contribution in [3.63, 3.8) is 0 Å². The number of para-hydroxylation sites is 1. The SMILES string of the molecule is NCCC[C@H](N)C(=O)N[C@H](CCc1ccccc1)C(=O)Nc1cc2ccccc2[nH]c1=O. The summed E-state index contributed by atoms with van der Waals surface area (Å²) in [6, 6.07) is 17.0. The molecule has 32 heavy (non-hydrogen) atoms. The first-order chi connectivity index (χ1) is 15.5. The molecule has 0 bridgehead atoms. The molecule has 8 heteroatoms. The summed E-state index contributed by atoms with van der Waals surface area (Å²) < 4.78 is 0. The Kier molecular flexibility index (Phi) is 8.13. The highest BCUT2D eigenvalue weighted by Gasteiger charge is 2.24. The van der Waals surface area contributed by atoms with Gasteiger partial charge in [0, 0.05) is 10.9 Å². The van der Waals surface area contributed by atoms with Crippen molar-refractivity contribution in [2.45, 2.75) is 37.8 Å². The summed E-state index contributed by atoms with van der Waals surface area (Å²) in [6.45, 7) is 0.434. The Labute approximate surface area is 186 Å². The van der Waals surface area contributed by atoms with Crippen LogP contribution in [0.25, 0.3) is 10.9 Å². The van der Waals surface area contributed by atoms with E-state index in [0.717, 1.165) is 10.9 Å². The van der Waals surface area contributed by atoms with Gasteiger partial charge in [-0.1, -0.05) is 48.5 Å². The number of benzene rings is 2. The van der Waals surface area contributed by atoms with Gasteiger partial charge in [-0.25, -0.2) is 0 Å². The van der Waals surface area contributed by atoms with Gasteiger partial charge >= 0.3 is 0 Å². The van der Waals surface area contributed by atoms with E-state index in [1.165, 1.54) is 0 Å². The summed E-state index contributed by atoms with van der Waals surface area (Å²) in [7, 11) is 0. The van der Waals surface area contributed by atoms with Crippen LogP contribution in [0.3, 0.4) is 0 Å². The van der Waals surface area contributed by atoms with Gasteiger partial charge in [0.2, 0.25) is 11.8 Å². The van der Waals surface area contributed by atoms with Gasteiger partial charge in [0.05, 0.1) is 6.04 Å². The summed E-state index contributed by atoms with van der Waals surface area (Å²) in [5, 5.41) is 6.20. The number of hydrogen-bond acceptors (Lipinski definition) is 5. The zero-order valence-corrected chi connectivity index (χ0v) is 17.8. The van der Waals surface area contributed by atoms with E-state index in [1.54, 1.807) is 12.1 Å². The molecule has 8 nitrogen and oxygen atoms in total. The number of hydrogen-bond donors (Lipinski definition) is 5. The van der Waals surface area contributed by atoms with Crippen LogP contribution in [0, 0.1) is 0 Å². The maximum atomic E-state index is 13.1. The van der Waals surface area contributed by atoms with Gasteiger partial charge in [-0.2, -0.15) is 0 Å². The van der Waals surface area contributed by atoms with Crippen molar-refractivity contribution in [3.8, 4) is 0 Å². The molecule has 0 fully saturated rings. The molecule has 0 saturated heterocycles. The highest BCUT2D eigenvalue weighted by molar-refractivity contribution is 5.98. The van der Waals surface area contributed by atoms with E-state index < -0.39 is 29.5 Å². The Morgan fingerprint density at radius 3 is 2.44 bits per heavy atom. The average molecular weight is 436 g/mol. The third-order valence-corrected chi connectivity index (χ3v) is 5.26. The first-order valence-electron chi connectivity index (χ1n) is 10.7. The summed E-state index contributed by atoms with van der Waals surface area (Å²) in [5.41, 5.74) is 12.9. The number of rotatable bonds is 10. The minimum atomic E-state index is -0.850. The molecule has 0 aliphatic carbocycles. The molecular weight excluding hydrogens is 406 g/mol.